The fraction of sp³-hybridized carbons (Fsp3) is 0.429. The molecule has 1 N–H and O–H groups in total. The third-order valence-corrected chi connectivity index (χ3v) is 1.48. The van der Waals surface area contributed by atoms with Crippen LogP contribution >= 0.6 is 0 Å². The fourth-order valence-electron chi connectivity index (χ4n) is 0.877. The Morgan fingerprint density at radius 1 is 1.85 bits per heavy atom. The quantitative estimate of drug-likeness (QED) is 0.637. The number of hydrogen-bond acceptors (Lipinski definition) is 4. The predicted octanol–water partition coefficient (Wildman–Crippen LogP) is -0.449. The lowest BCUT2D eigenvalue weighted by Crippen LogP contribution is -2.26. The van der Waals surface area contributed by atoms with E-state index in [9.17, 15) is 4.79 Å². The second-order valence-electron chi connectivity index (χ2n) is 2.28. The third-order valence-electron chi connectivity index (χ3n) is 1.48. The largest absolute Gasteiger partial charge is 0.338 e. The Morgan fingerprint density at radius 3 is 3.23 bits per heavy atom. The number of carbonyl (C=O) groups is 1. The molecule has 6 heteroatoms. The molecule has 0 aliphatic carbocycles. The molecule has 0 saturated heterocycles. The number of hydrogen-bond donors (Lipinski definition) is 1. The van der Waals surface area contributed by atoms with Gasteiger partial charge in [-0.15, -0.1) is 5.10 Å². The number of rotatable bonds is 3. The third kappa shape index (κ3) is 2.02. The Bertz CT molecular complexity index is 337. The first-order chi connectivity index (χ1) is 6.29. The number of nitrogens with one attached hydrogen (secondary N) is 1. The lowest BCUT2D eigenvalue weighted by atomic mass is 10.4. The predicted molar refractivity (Wildman–Crippen MR) is 43.6 cm³/mol. The topological polar surface area (TPSA) is 83.6 Å². The molecule has 1 aromatic rings. The van der Waals surface area contributed by atoms with Crippen LogP contribution in [-0.2, 0) is 6.54 Å². The highest BCUT2D eigenvalue weighted by molar-refractivity contribution is 5.92. The van der Waals surface area contributed by atoms with Gasteiger partial charge in [0.05, 0.1) is 12.3 Å². The minimum atomic E-state index is -0.326. The van der Waals surface area contributed by atoms with Gasteiger partial charge in [-0.05, 0) is 6.92 Å². The first-order valence-corrected chi connectivity index (χ1v) is 3.83. The van der Waals surface area contributed by atoms with Gasteiger partial charge in [-0.2, -0.15) is 5.26 Å². The van der Waals surface area contributed by atoms with E-state index in [1.54, 1.807) is 0 Å². The second kappa shape index (κ2) is 4.21. The summed E-state index contributed by atoms with van der Waals surface area (Å²) in [6.07, 6.45) is 1.37. The van der Waals surface area contributed by atoms with E-state index in [1.807, 2.05) is 13.0 Å². The molecule has 0 aromatic carbocycles. The molecule has 1 amide bonds. The number of nitrogens with zero attached hydrogens (tertiary/aromatic N) is 4. The van der Waals surface area contributed by atoms with E-state index >= 15 is 0 Å². The number of aryl methyl sites for hydroxylation is 1. The maximum absolute atomic E-state index is 11.3. The molecule has 1 rings (SSSR count). The van der Waals surface area contributed by atoms with Gasteiger partial charge in [0.25, 0.3) is 5.91 Å². The summed E-state index contributed by atoms with van der Waals surface area (Å²) >= 11 is 0. The van der Waals surface area contributed by atoms with E-state index in [4.69, 9.17) is 5.26 Å². The fourth-order valence-corrected chi connectivity index (χ4v) is 0.877. The molecule has 0 aliphatic rings. The molecule has 68 valence electrons. The molecule has 0 atom stereocenters. The van der Waals surface area contributed by atoms with E-state index in [-0.39, 0.29) is 12.5 Å². The van der Waals surface area contributed by atoms with Gasteiger partial charge in [-0.1, -0.05) is 5.21 Å². The zero-order valence-corrected chi connectivity index (χ0v) is 7.19. The highest BCUT2D eigenvalue weighted by atomic mass is 16.2. The normalized spacial score (nSPS) is 9.23. The molecule has 0 saturated carbocycles. The SMILES string of the molecule is CCn1nncc1C(=O)NCC#N. The zero-order chi connectivity index (χ0) is 9.68. The average molecular weight is 179 g/mol. The van der Waals surface area contributed by atoms with Crippen molar-refractivity contribution in [2.24, 2.45) is 0 Å². The Hall–Kier alpha value is -1.90. The smallest absolute Gasteiger partial charge is 0.272 e. The Balaban J connectivity index is 2.71. The van der Waals surface area contributed by atoms with Gasteiger partial charge < -0.3 is 5.32 Å². The highest BCUT2D eigenvalue weighted by Gasteiger charge is 2.10. The summed E-state index contributed by atoms with van der Waals surface area (Å²) in [4.78, 5) is 11.3. The summed E-state index contributed by atoms with van der Waals surface area (Å²) in [5.74, 6) is -0.326. The van der Waals surface area contributed by atoms with Gasteiger partial charge in [0, 0.05) is 6.54 Å². The van der Waals surface area contributed by atoms with Crippen molar-refractivity contribution in [3.05, 3.63) is 11.9 Å². The van der Waals surface area contributed by atoms with Crippen molar-refractivity contribution < 1.29 is 4.79 Å². The molecule has 1 heterocycles. The van der Waals surface area contributed by atoms with Crippen molar-refractivity contribution in [1.29, 1.82) is 5.26 Å². The van der Waals surface area contributed by atoms with Crippen LogP contribution in [0, 0.1) is 11.3 Å². The van der Waals surface area contributed by atoms with Crippen molar-refractivity contribution in [2.75, 3.05) is 6.54 Å². The van der Waals surface area contributed by atoms with Crippen LogP contribution in [0.5, 0.6) is 0 Å². The summed E-state index contributed by atoms with van der Waals surface area (Å²) in [7, 11) is 0. The van der Waals surface area contributed by atoms with Crippen LogP contribution in [0.15, 0.2) is 6.20 Å². The van der Waals surface area contributed by atoms with Crippen molar-refractivity contribution >= 4 is 5.91 Å². The van der Waals surface area contributed by atoms with Gasteiger partial charge >= 0.3 is 0 Å². The van der Waals surface area contributed by atoms with E-state index < -0.39 is 0 Å². The number of carbonyl (C=O) groups excluding carboxylic acids is 1. The van der Waals surface area contributed by atoms with E-state index in [1.165, 1.54) is 10.9 Å². The Labute approximate surface area is 75.2 Å². The summed E-state index contributed by atoms with van der Waals surface area (Å²) in [6, 6.07) is 1.82. The first kappa shape index (κ1) is 9.19. The van der Waals surface area contributed by atoms with Crippen LogP contribution in [0.4, 0.5) is 0 Å². The van der Waals surface area contributed by atoms with Crippen LogP contribution in [-0.4, -0.2) is 27.4 Å². The van der Waals surface area contributed by atoms with Gasteiger partial charge in [-0.3, -0.25) is 4.79 Å². The molecule has 0 aliphatic heterocycles. The molecule has 0 fully saturated rings. The van der Waals surface area contributed by atoms with Gasteiger partial charge in [-0.25, -0.2) is 4.68 Å². The maximum Gasteiger partial charge on any atom is 0.272 e. The molecule has 0 spiro atoms. The lowest BCUT2D eigenvalue weighted by Gasteiger charge is -2.01. The molecule has 6 nitrogen and oxygen atoms in total. The average Bonchev–Trinajstić information content (AvgIpc) is 2.61. The molecule has 0 radical (unpaired) electrons. The summed E-state index contributed by atoms with van der Waals surface area (Å²) in [5.41, 5.74) is 0.373. The van der Waals surface area contributed by atoms with Gasteiger partial charge in [0.2, 0.25) is 0 Å². The minimum Gasteiger partial charge on any atom is -0.338 e. The van der Waals surface area contributed by atoms with Crippen LogP contribution in [0.2, 0.25) is 0 Å². The Kier molecular flexibility index (Phi) is 2.97. The van der Waals surface area contributed by atoms with Crippen molar-refractivity contribution in [3.63, 3.8) is 0 Å². The van der Waals surface area contributed by atoms with E-state index in [2.05, 4.69) is 15.6 Å². The van der Waals surface area contributed by atoms with Crippen LogP contribution in [0.25, 0.3) is 0 Å². The van der Waals surface area contributed by atoms with Crippen LogP contribution < -0.4 is 5.32 Å². The molecular formula is C7H9N5O. The molecule has 1 aromatic heterocycles. The van der Waals surface area contributed by atoms with Crippen molar-refractivity contribution in [2.45, 2.75) is 13.5 Å². The number of aromatic nitrogens is 3. The summed E-state index contributed by atoms with van der Waals surface area (Å²) in [6.45, 7) is 2.43. The zero-order valence-electron chi connectivity index (χ0n) is 7.19. The lowest BCUT2D eigenvalue weighted by molar-refractivity contribution is 0.0948. The van der Waals surface area contributed by atoms with Crippen molar-refractivity contribution in [1.82, 2.24) is 20.3 Å². The van der Waals surface area contributed by atoms with E-state index in [0.29, 0.717) is 12.2 Å². The van der Waals surface area contributed by atoms with Crippen LogP contribution in [0.3, 0.4) is 0 Å². The van der Waals surface area contributed by atoms with E-state index in [0.717, 1.165) is 0 Å². The van der Waals surface area contributed by atoms with Crippen molar-refractivity contribution in [3.8, 4) is 6.07 Å². The van der Waals surface area contributed by atoms with Gasteiger partial charge in [0.15, 0.2) is 0 Å². The van der Waals surface area contributed by atoms with Gasteiger partial charge in [0.1, 0.15) is 12.2 Å². The molecule has 0 bridgehead atoms. The Morgan fingerprint density at radius 2 is 2.62 bits per heavy atom. The summed E-state index contributed by atoms with van der Waals surface area (Å²) in [5, 5.41) is 17.9. The maximum atomic E-state index is 11.3. The number of nitriles is 1. The molecular weight excluding hydrogens is 170 g/mol. The monoisotopic (exact) mass is 179 g/mol. The molecule has 0 unspecified atom stereocenters. The standard InChI is InChI=1S/C7H9N5O/c1-2-12-6(5-10-11-12)7(13)9-4-3-8/h5H,2,4H2,1H3,(H,9,13). The van der Waals surface area contributed by atoms with Crippen LogP contribution in [0.1, 0.15) is 17.4 Å². The summed E-state index contributed by atoms with van der Waals surface area (Å²) < 4.78 is 1.46. The first-order valence-electron chi connectivity index (χ1n) is 3.83. The molecule has 13 heavy (non-hydrogen) atoms. The number of amides is 1. The highest BCUT2D eigenvalue weighted by Crippen LogP contribution is 1.94. The second-order valence-corrected chi connectivity index (χ2v) is 2.28. The minimum absolute atomic E-state index is 0.00622.